The van der Waals surface area contributed by atoms with Crippen molar-refractivity contribution in [2.45, 2.75) is 39.3 Å². The molecule has 0 bridgehead atoms. The largest absolute Gasteiger partial charge is 0.344 e. The van der Waals surface area contributed by atoms with Gasteiger partial charge in [0.2, 0.25) is 11.8 Å². The lowest BCUT2D eigenvalue weighted by Crippen LogP contribution is -2.45. The SMILES string of the molecule is CC(C)CC1NC(=O)CCN(Cc2cccc(Br)c2)C1=O. The Kier molecular flexibility index (Phi) is 5.39. The fourth-order valence-electron chi connectivity index (χ4n) is 2.54. The highest BCUT2D eigenvalue weighted by molar-refractivity contribution is 9.10. The summed E-state index contributed by atoms with van der Waals surface area (Å²) in [7, 11) is 0. The number of hydrogen-bond acceptors (Lipinski definition) is 2. The van der Waals surface area contributed by atoms with Gasteiger partial charge >= 0.3 is 0 Å². The van der Waals surface area contributed by atoms with E-state index in [4.69, 9.17) is 0 Å². The third kappa shape index (κ3) is 4.56. The van der Waals surface area contributed by atoms with Gasteiger partial charge in [0, 0.05) is 24.0 Å². The topological polar surface area (TPSA) is 49.4 Å². The van der Waals surface area contributed by atoms with Crippen molar-refractivity contribution in [2.75, 3.05) is 6.54 Å². The van der Waals surface area contributed by atoms with Crippen molar-refractivity contribution in [1.29, 1.82) is 0 Å². The van der Waals surface area contributed by atoms with Gasteiger partial charge in [-0.05, 0) is 30.0 Å². The van der Waals surface area contributed by atoms with Gasteiger partial charge in [-0.2, -0.15) is 0 Å². The van der Waals surface area contributed by atoms with Crippen molar-refractivity contribution in [3.8, 4) is 0 Å². The second-order valence-corrected chi connectivity index (χ2v) is 6.81. The number of halogens is 1. The summed E-state index contributed by atoms with van der Waals surface area (Å²) < 4.78 is 0.996. The van der Waals surface area contributed by atoms with Crippen LogP contribution in [0.15, 0.2) is 28.7 Å². The molecule has 1 unspecified atom stereocenters. The summed E-state index contributed by atoms with van der Waals surface area (Å²) in [6, 6.07) is 7.52. The number of carbonyl (C=O) groups is 2. The zero-order chi connectivity index (χ0) is 15.4. The molecular weight excluding hydrogens is 332 g/mol. The van der Waals surface area contributed by atoms with Gasteiger partial charge in [-0.15, -0.1) is 0 Å². The molecule has 2 amide bonds. The molecule has 2 rings (SSSR count). The van der Waals surface area contributed by atoms with Gasteiger partial charge in [0.1, 0.15) is 6.04 Å². The summed E-state index contributed by atoms with van der Waals surface area (Å²) in [6.45, 7) is 5.14. The van der Waals surface area contributed by atoms with Crippen LogP contribution in [0.3, 0.4) is 0 Å². The van der Waals surface area contributed by atoms with E-state index in [2.05, 4.69) is 35.1 Å². The Bertz CT molecular complexity index is 531. The molecule has 1 aliphatic rings. The molecule has 0 radical (unpaired) electrons. The molecule has 0 saturated carbocycles. The van der Waals surface area contributed by atoms with Crippen LogP contribution in [0.4, 0.5) is 0 Å². The summed E-state index contributed by atoms with van der Waals surface area (Å²) in [6.07, 6.45) is 1.05. The van der Waals surface area contributed by atoms with Gasteiger partial charge in [-0.25, -0.2) is 0 Å². The van der Waals surface area contributed by atoms with Crippen molar-refractivity contribution in [3.63, 3.8) is 0 Å². The molecular formula is C16H21BrN2O2. The lowest BCUT2D eigenvalue weighted by atomic mass is 10.0. The summed E-state index contributed by atoms with van der Waals surface area (Å²) in [5, 5.41) is 2.85. The molecule has 0 aliphatic carbocycles. The van der Waals surface area contributed by atoms with Crippen molar-refractivity contribution in [2.24, 2.45) is 5.92 Å². The maximum absolute atomic E-state index is 12.6. The number of amides is 2. The molecule has 1 N–H and O–H groups in total. The van der Waals surface area contributed by atoms with Gasteiger partial charge in [0.25, 0.3) is 0 Å². The average Bonchev–Trinajstić information content (AvgIpc) is 2.52. The third-order valence-corrected chi connectivity index (χ3v) is 4.02. The zero-order valence-electron chi connectivity index (χ0n) is 12.4. The quantitative estimate of drug-likeness (QED) is 0.905. The third-order valence-electron chi connectivity index (χ3n) is 3.52. The van der Waals surface area contributed by atoms with Gasteiger partial charge in [0.15, 0.2) is 0 Å². The Morgan fingerprint density at radius 2 is 2.14 bits per heavy atom. The maximum Gasteiger partial charge on any atom is 0.245 e. The van der Waals surface area contributed by atoms with Crippen molar-refractivity contribution >= 4 is 27.7 Å². The zero-order valence-corrected chi connectivity index (χ0v) is 14.0. The normalized spacial score (nSPS) is 19.6. The average molecular weight is 353 g/mol. The smallest absolute Gasteiger partial charge is 0.245 e. The standard InChI is InChI=1S/C16H21BrN2O2/c1-11(2)8-14-16(21)19(7-6-15(20)18-14)10-12-4-3-5-13(17)9-12/h3-5,9,11,14H,6-8,10H2,1-2H3,(H,18,20). The minimum absolute atomic E-state index is 0.0227. The van der Waals surface area contributed by atoms with E-state index in [1.807, 2.05) is 24.3 Å². The Morgan fingerprint density at radius 1 is 1.38 bits per heavy atom. The van der Waals surface area contributed by atoms with E-state index < -0.39 is 6.04 Å². The van der Waals surface area contributed by atoms with Crippen molar-refractivity contribution in [1.82, 2.24) is 10.2 Å². The minimum Gasteiger partial charge on any atom is -0.344 e. The van der Waals surface area contributed by atoms with Crippen LogP contribution in [0.1, 0.15) is 32.3 Å². The Hall–Kier alpha value is -1.36. The highest BCUT2D eigenvalue weighted by atomic mass is 79.9. The monoisotopic (exact) mass is 352 g/mol. The molecule has 5 heteroatoms. The predicted octanol–water partition coefficient (Wildman–Crippen LogP) is 2.71. The second kappa shape index (κ2) is 7.07. The first-order chi connectivity index (χ1) is 9.95. The summed E-state index contributed by atoms with van der Waals surface area (Å²) in [5.41, 5.74) is 1.07. The van der Waals surface area contributed by atoms with E-state index in [0.717, 1.165) is 10.0 Å². The fourth-order valence-corrected chi connectivity index (χ4v) is 2.99. The molecule has 1 aliphatic heterocycles. The lowest BCUT2D eigenvalue weighted by Gasteiger charge is -2.25. The van der Waals surface area contributed by atoms with Crippen LogP contribution < -0.4 is 5.32 Å². The maximum atomic E-state index is 12.6. The molecule has 1 atom stereocenters. The summed E-state index contributed by atoms with van der Waals surface area (Å²) in [5.74, 6) is 0.352. The van der Waals surface area contributed by atoms with Gasteiger partial charge < -0.3 is 10.2 Å². The van der Waals surface area contributed by atoms with Gasteiger partial charge in [0.05, 0.1) is 0 Å². The Balaban J connectivity index is 2.13. The number of nitrogens with zero attached hydrogens (tertiary/aromatic N) is 1. The van der Waals surface area contributed by atoms with E-state index in [1.54, 1.807) is 4.90 Å². The summed E-state index contributed by atoms with van der Waals surface area (Å²) in [4.78, 5) is 26.2. The molecule has 0 aromatic heterocycles. The van der Waals surface area contributed by atoms with Crippen LogP contribution in [-0.4, -0.2) is 29.3 Å². The molecule has 0 spiro atoms. The lowest BCUT2D eigenvalue weighted by molar-refractivity contribution is -0.134. The highest BCUT2D eigenvalue weighted by Crippen LogP contribution is 2.17. The first-order valence-electron chi connectivity index (χ1n) is 7.28. The molecule has 4 nitrogen and oxygen atoms in total. The summed E-state index contributed by atoms with van der Waals surface area (Å²) >= 11 is 3.44. The van der Waals surface area contributed by atoms with E-state index in [0.29, 0.717) is 31.8 Å². The molecule has 1 aromatic carbocycles. The van der Waals surface area contributed by atoms with Crippen LogP contribution in [-0.2, 0) is 16.1 Å². The molecule has 1 saturated heterocycles. The Labute approximate surface area is 134 Å². The van der Waals surface area contributed by atoms with Crippen LogP contribution in [0, 0.1) is 5.92 Å². The van der Waals surface area contributed by atoms with E-state index >= 15 is 0 Å². The van der Waals surface area contributed by atoms with Crippen LogP contribution in [0.5, 0.6) is 0 Å². The molecule has 1 heterocycles. The molecule has 1 aromatic rings. The number of nitrogens with one attached hydrogen (secondary N) is 1. The molecule has 1 fully saturated rings. The van der Waals surface area contributed by atoms with E-state index in [9.17, 15) is 9.59 Å². The van der Waals surface area contributed by atoms with Crippen molar-refractivity contribution < 1.29 is 9.59 Å². The first kappa shape index (κ1) is 16.0. The van der Waals surface area contributed by atoms with E-state index in [-0.39, 0.29) is 11.8 Å². The Morgan fingerprint density at radius 3 is 2.81 bits per heavy atom. The van der Waals surface area contributed by atoms with Crippen LogP contribution >= 0.6 is 15.9 Å². The first-order valence-corrected chi connectivity index (χ1v) is 8.07. The highest BCUT2D eigenvalue weighted by Gasteiger charge is 2.30. The fraction of sp³-hybridized carbons (Fsp3) is 0.500. The van der Waals surface area contributed by atoms with Crippen LogP contribution in [0.2, 0.25) is 0 Å². The number of rotatable bonds is 4. The van der Waals surface area contributed by atoms with Gasteiger partial charge in [-0.3, -0.25) is 9.59 Å². The number of hydrogen-bond donors (Lipinski definition) is 1. The second-order valence-electron chi connectivity index (χ2n) is 5.89. The number of carbonyl (C=O) groups excluding carboxylic acids is 2. The minimum atomic E-state index is -0.396. The predicted molar refractivity (Wildman–Crippen MR) is 85.6 cm³/mol. The van der Waals surface area contributed by atoms with E-state index in [1.165, 1.54) is 0 Å². The van der Waals surface area contributed by atoms with Crippen molar-refractivity contribution in [3.05, 3.63) is 34.3 Å². The van der Waals surface area contributed by atoms with Gasteiger partial charge in [-0.1, -0.05) is 41.9 Å². The molecule has 21 heavy (non-hydrogen) atoms. The molecule has 114 valence electrons. The van der Waals surface area contributed by atoms with Crippen LogP contribution in [0.25, 0.3) is 0 Å². The number of benzene rings is 1.